The van der Waals surface area contributed by atoms with Gasteiger partial charge in [0.2, 0.25) is 15.9 Å². The second kappa shape index (κ2) is 11.6. The first-order chi connectivity index (χ1) is 15.6. The van der Waals surface area contributed by atoms with Gasteiger partial charge in [0.25, 0.3) is 0 Å². The maximum Gasteiger partial charge on any atom is 0.241 e. The Hall–Kier alpha value is -1.71. The zero-order valence-corrected chi connectivity index (χ0v) is 22.6. The third-order valence-corrected chi connectivity index (χ3v) is 7.92. The smallest absolute Gasteiger partial charge is 0.241 e. The standard InChI is InChI=1S/C24H23Br2ClN2O3S/c1-29(24(30)16-28-33(31,32)23-4-2-3-21(27)15-23)22(13-17-5-9-19(25)10-6-17)14-18-7-11-20(26)12-8-18/h2-12,15,22,28H,13-14,16H2,1H3. The predicted molar refractivity (Wildman–Crippen MR) is 139 cm³/mol. The minimum atomic E-state index is -3.86. The molecule has 0 unspecified atom stereocenters. The Balaban J connectivity index is 1.74. The summed E-state index contributed by atoms with van der Waals surface area (Å²) in [5.74, 6) is -0.320. The van der Waals surface area contributed by atoms with Crippen LogP contribution in [0.2, 0.25) is 5.02 Å². The number of halogens is 3. The van der Waals surface area contributed by atoms with Crippen molar-refractivity contribution in [1.29, 1.82) is 0 Å². The van der Waals surface area contributed by atoms with Gasteiger partial charge in [0.15, 0.2) is 0 Å². The Morgan fingerprint density at radius 3 is 1.94 bits per heavy atom. The van der Waals surface area contributed by atoms with E-state index in [4.69, 9.17) is 11.6 Å². The molecule has 0 saturated carbocycles. The monoisotopic (exact) mass is 612 g/mol. The number of carbonyl (C=O) groups excluding carboxylic acids is 1. The van der Waals surface area contributed by atoms with E-state index in [9.17, 15) is 13.2 Å². The molecule has 1 amide bonds. The lowest BCUT2D eigenvalue weighted by atomic mass is 9.98. The molecule has 0 aromatic heterocycles. The van der Waals surface area contributed by atoms with E-state index in [0.29, 0.717) is 17.9 Å². The number of nitrogens with one attached hydrogen (secondary N) is 1. The molecule has 0 bridgehead atoms. The lowest BCUT2D eigenvalue weighted by Gasteiger charge is -2.29. The molecule has 0 aliphatic carbocycles. The fourth-order valence-corrected chi connectivity index (χ4v) is 5.14. The van der Waals surface area contributed by atoms with Crippen molar-refractivity contribution >= 4 is 59.4 Å². The summed E-state index contributed by atoms with van der Waals surface area (Å²) < 4.78 is 29.5. The highest BCUT2D eigenvalue weighted by molar-refractivity contribution is 9.10. The van der Waals surface area contributed by atoms with Crippen molar-refractivity contribution in [3.63, 3.8) is 0 Å². The molecule has 5 nitrogen and oxygen atoms in total. The van der Waals surface area contributed by atoms with Gasteiger partial charge in [-0.1, -0.05) is 73.8 Å². The van der Waals surface area contributed by atoms with E-state index in [2.05, 4.69) is 36.6 Å². The van der Waals surface area contributed by atoms with Gasteiger partial charge in [-0.3, -0.25) is 4.79 Å². The van der Waals surface area contributed by atoms with Crippen molar-refractivity contribution in [2.45, 2.75) is 23.8 Å². The molecule has 0 radical (unpaired) electrons. The van der Waals surface area contributed by atoms with Crippen LogP contribution in [0, 0.1) is 0 Å². The van der Waals surface area contributed by atoms with Gasteiger partial charge in [-0.2, -0.15) is 0 Å². The van der Waals surface area contributed by atoms with Gasteiger partial charge < -0.3 is 4.90 Å². The van der Waals surface area contributed by atoms with Gasteiger partial charge in [0.1, 0.15) is 0 Å². The Kier molecular flexibility index (Phi) is 9.12. The Bertz CT molecular complexity index is 1160. The Morgan fingerprint density at radius 1 is 0.939 bits per heavy atom. The molecular formula is C24H23Br2ClN2O3S. The van der Waals surface area contributed by atoms with E-state index in [0.717, 1.165) is 20.1 Å². The molecule has 174 valence electrons. The Labute approximate surface area is 216 Å². The van der Waals surface area contributed by atoms with E-state index in [1.807, 2.05) is 48.5 Å². The highest BCUT2D eigenvalue weighted by atomic mass is 79.9. The summed E-state index contributed by atoms with van der Waals surface area (Å²) in [6.07, 6.45) is 1.26. The molecule has 0 aliphatic rings. The molecule has 9 heteroatoms. The van der Waals surface area contributed by atoms with Crippen molar-refractivity contribution in [3.05, 3.63) is 97.9 Å². The number of nitrogens with zero attached hydrogens (tertiary/aromatic N) is 1. The number of likely N-dealkylation sites (N-methyl/N-ethyl adjacent to an activating group) is 1. The molecule has 3 rings (SSSR count). The van der Waals surface area contributed by atoms with Crippen LogP contribution in [0.4, 0.5) is 0 Å². The van der Waals surface area contributed by atoms with E-state index in [1.54, 1.807) is 24.1 Å². The molecule has 0 heterocycles. The number of benzene rings is 3. The molecule has 0 aliphatic heterocycles. The lowest BCUT2D eigenvalue weighted by molar-refractivity contribution is -0.130. The van der Waals surface area contributed by atoms with Crippen LogP contribution < -0.4 is 4.72 Å². The predicted octanol–water partition coefficient (Wildman–Crippen LogP) is 5.46. The largest absolute Gasteiger partial charge is 0.341 e. The molecule has 0 saturated heterocycles. The number of amides is 1. The molecule has 3 aromatic rings. The second-order valence-corrected chi connectivity index (χ2v) is 11.6. The van der Waals surface area contributed by atoms with Gasteiger partial charge in [-0.15, -0.1) is 0 Å². The average molecular weight is 615 g/mol. The minimum absolute atomic E-state index is 0.0201. The summed E-state index contributed by atoms with van der Waals surface area (Å²) >= 11 is 12.8. The third-order valence-electron chi connectivity index (χ3n) is 5.23. The number of carbonyl (C=O) groups is 1. The van der Waals surface area contributed by atoms with Gasteiger partial charge >= 0.3 is 0 Å². The summed E-state index contributed by atoms with van der Waals surface area (Å²) in [7, 11) is -2.15. The van der Waals surface area contributed by atoms with Crippen LogP contribution in [0.15, 0.2) is 86.6 Å². The molecule has 33 heavy (non-hydrogen) atoms. The van der Waals surface area contributed by atoms with Crippen LogP contribution in [-0.2, 0) is 27.7 Å². The van der Waals surface area contributed by atoms with Crippen molar-refractivity contribution in [2.75, 3.05) is 13.6 Å². The van der Waals surface area contributed by atoms with E-state index < -0.39 is 10.0 Å². The number of hydrogen-bond donors (Lipinski definition) is 1. The third kappa shape index (κ3) is 7.65. The van der Waals surface area contributed by atoms with Crippen LogP contribution in [0.1, 0.15) is 11.1 Å². The van der Waals surface area contributed by atoms with Crippen molar-refractivity contribution in [3.8, 4) is 0 Å². The van der Waals surface area contributed by atoms with Crippen LogP contribution in [0.5, 0.6) is 0 Å². The first-order valence-corrected chi connectivity index (χ1v) is 13.6. The van der Waals surface area contributed by atoms with Gasteiger partial charge in [-0.05, 0) is 66.4 Å². The van der Waals surface area contributed by atoms with Crippen molar-refractivity contribution < 1.29 is 13.2 Å². The molecular weight excluding hydrogens is 592 g/mol. The summed E-state index contributed by atoms with van der Waals surface area (Å²) in [5.41, 5.74) is 2.17. The summed E-state index contributed by atoms with van der Waals surface area (Å²) in [6, 6.07) is 21.7. The lowest BCUT2D eigenvalue weighted by Crippen LogP contribution is -2.45. The fourth-order valence-electron chi connectivity index (χ4n) is 3.33. The highest BCUT2D eigenvalue weighted by Gasteiger charge is 2.23. The van der Waals surface area contributed by atoms with Crippen molar-refractivity contribution in [1.82, 2.24) is 9.62 Å². The molecule has 1 N–H and O–H groups in total. The van der Waals surface area contributed by atoms with Crippen molar-refractivity contribution in [2.24, 2.45) is 0 Å². The molecule has 0 fully saturated rings. The quantitative estimate of drug-likeness (QED) is 0.349. The number of sulfonamides is 1. The van der Waals surface area contributed by atoms with Gasteiger partial charge in [-0.25, -0.2) is 13.1 Å². The van der Waals surface area contributed by atoms with Gasteiger partial charge in [0, 0.05) is 27.1 Å². The van der Waals surface area contributed by atoms with Gasteiger partial charge in [0.05, 0.1) is 11.4 Å². The minimum Gasteiger partial charge on any atom is -0.341 e. The normalized spacial score (nSPS) is 11.5. The first-order valence-electron chi connectivity index (χ1n) is 10.1. The first kappa shape index (κ1) is 25.9. The fraction of sp³-hybridized carbons (Fsp3) is 0.208. The molecule has 0 spiro atoms. The van der Waals surface area contributed by atoms with E-state index >= 15 is 0 Å². The zero-order chi connectivity index (χ0) is 24.0. The van der Waals surface area contributed by atoms with E-state index in [-0.39, 0.29) is 23.4 Å². The van der Waals surface area contributed by atoms with Crippen LogP contribution >= 0.6 is 43.5 Å². The topological polar surface area (TPSA) is 66.5 Å². The molecule has 3 aromatic carbocycles. The summed E-state index contributed by atoms with van der Waals surface area (Å²) in [4.78, 5) is 14.6. The van der Waals surface area contributed by atoms with Crippen LogP contribution in [-0.4, -0.2) is 38.9 Å². The molecule has 0 atom stereocenters. The number of hydrogen-bond acceptors (Lipinski definition) is 3. The van der Waals surface area contributed by atoms with Crippen LogP contribution in [0.3, 0.4) is 0 Å². The second-order valence-electron chi connectivity index (χ2n) is 7.60. The highest BCUT2D eigenvalue weighted by Crippen LogP contribution is 2.19. The van der Waals surface area contributed by atoms with E-state index in [1.165, 1.54) is 12.1 Å². The maximum absolute atomic E-state index is 13.0. The number of rotatable bonds is 9. The SMILES string of the molecule is CN(C(=O)CNS(=O)(=O)c1cccc(Cl)c1)C(Cc1ccc(Br)cc1)Cc1ccc(Br)cc1. The summed E-state index contributed by atoms with van der Waals surface area (Å²) in [6.45, 7) is -0.345. The zero-order valence-electron chi connectivity index (χ0n) is 17.8. The summed E-state index contributed by atoms with van der Waals surface area (Å²) in [5, 5.41) is 0.311. The Morgan fingerprint density at radius 2 is 1.45 bits per heavy atom. The average Bonchev–Trinajstić information content (AvgIpc) is 2.79. The maximum atomic E-state index is 13.0. The van der Waals surface area contributed by atoms with Crippen LogP contribution in [0.25, 0.3) is 0 Å².